The van der Waals surface area contributed by atoms with Crippen molar-refractivity contribution in [2.75, 3.05) is 13.1 Å². The van der Waals surface area contributed by atoms with Crippen LogP contribution < -0.4 is 0 Å². The van der Waals surface area contributed by atoms with Crippen LogP contribution in [-0.2, 0) is 6.42 Å². The molecule has 0 spiro atoms. The number of aryl methyl sites for hydroxylation is 1. The Hall–Kier alpha value is -0.650. The van der Waals surface area contributed by atoms with Gasteiger partial charge in [-0.05, 0) is 66.6 Å². The van der Waals surface area contributed by atoms with Gasteiger partial charge in [0, 0.05) is 16.7 Å². The molecular formula is C12H18IN3. The lowest BCUT2D eigenvalue weighted by Gasteiger charge is -2.11. The predicted molar refractivity (Wildman–Crippen MR) is 76.0 cm³/mol. The van der Waals surface area contributed by atoms with Crippen molar-refractivity contribution in [2.45, 2.75) is 27.2 Å². The standard InChI is InChI=1S/C12H18IN3/c1-4-10-9-11(13)7-8-12(10)14-15-16(5-2)6-3/h7-9H,4-6H2,1-3H3. The fourth-order valence-corrected chi connectivity index (χ4v) is 1.95. The van der Waals surface area contributed by atoms with Crippen molar-refractivity contribution in [1.82, 2.24) is 5.01 Å². The van der Waals surface area contributed by atoms with Gasteiger partial charge in [0.1, 0.15) is 0 Å². The van der Waals surface area contributed by atoms with Gasteiger partial charge in [0.2, 0.25) is 0 Å². The molecule has 16 heavy (non-hydrogen) atoms. The first-order valence-electron chi connectivity index (χ1n) is 5.66. The van der Waals surface area contributed by atoms with Gasteiger partial charge >= 0.3 is 0 Å². The maximum Gasteiger partial charge on any atom is 0.0906 e. The monoisotopic (exact) mass is 331 g/mol. The van der Waals surface area contributed by atoms with Crippen LogP contribution in [-0.4, -0.2) is 18.1 Å². The highest BCUT2D eigenvalue weighted by atomic mass is 127. The van der Waals surface area contributed by atoms with Crippen LogP contribution in [0.3, 0.4) is 0 Å². The van der Waals surface area contributed by atoms with E-state index in [4.69, 9.17) is 0 Å². The predicted octanol–water partition coefficient (Wildman–Crippen LogP) is 4.19. The summed E-state index contributed by atoms with van der Waals surface area (Å²) >= 11 is 2.32. The van der Waals surface area contributed by atoms with E-state index in [1.807, 2.05) is 11.1 Å². The Morgan fingerprint density at radius 2 is 1.88 bits per heavy atom. The summed E-state index contributed by atoms with van der Waals surface area (Å²) in [5.41, 5.74) is 2.23. The van der Waals surface area contributed by atoms with Gasteiger partial charge in [-0.15, -0.1) is 5.11 Å². The SMILES string of the molecule is CCc1cc(I)ccc1N=NN(CC)CC. The molecule has 0 atom stereocenters. The van der Waals surface area contributed by atoms with Gasteiger partial charge in [0.25, 0.3) is 0 Å². The molecule has 0 aliphatic rings. The minimum Gasteiger partial charge on any atom is -0.279 e. The molecule has 1 aromatic rings. The lowest BCUT2D eigenvalue weighted by atomic mass is 10.1. The van der Waals surface area contributed by atoms with Crippen LogP contribution in [0.2, 0.25) is 0 Å². The molecule has 4 heteroatoms. The van der Waals surface area contributed by atoms with Crippen molar-refractivity contribution < 1.29 is 0 Å². The van der Waals surface area contributed by atoms with Crippen molar-refractivity contribution in [3.63, 3.8) is 0 Å². The summed E-state index contributed by atoms with van der Waals surface area (Å²) < 4.78 is 1.25. The van der Waals surface area contributed by atoms with E-state index in [2.05, 4.69) is 65.8 Å². The Morgan fingerprint density at radius 3 is 2.44 bits per heavy atom. The highest BCUT2D eigenvalue weighted by molar-refractivity contribution is 14.1. The summed E-state index contributed by atoms with van der Waals surface area (Å²) in [6.45, 7) is 8.09. The second kappa shape index (κ2) is 6.83. The lowest BCUT2D eigenvalue weighted by molar-refractivity contribution is 0.300. The first-order valence-corrected chi connectivity index (χ1v) is 6.74. The van der Waals surface area contributed by atoms with Crippen molar-refractivity contribution in [1.29, 1.82) is 0 Å². The van der Waals surface area contributed by atoms with Crippen molar-refractivity contribution >= 4 is 28.3 Å². The maximum atomic E-state index is 4.31. The Kier molecular flexibility index (Phi) is 5.73. The second-order valence-corrected chi connectivity index (χ2v) is 4.70. The highest BCUT2D eigenvalue weighted by Crippen LogP contribution is 2.22. The molecule has 88 valence electrons. The maximum absolute atomic E-state index is 4.31. The molecule has 0 saturated heterocycles. The largest absolute Gasteiger partial charge is 0.279 e. The van der Waals surface area contributed by atoms with Gasteiger partial charge in [-0.25, -0.2) is 0 Å². The molecule has 1 rings (SSSR count). The van der Waals surface area contributed by atoms with Gasteiger partial charge in [-0.3, -0.25) is 5.01 Å². The summed E-state index contributed by atoms with van der Waals surface area (Å²) in [5, 5.41) is 10.5. The fraction of sp³-hybridized carbons (Fsp3) is 0.500. The average molecular weight is 331 g/mol. The van der Waals surface area contributed by atoms with Gasteiger partial charge in [0.05, 0.1) is 5.69 Å². The van der Waals surface area contributed by atoms with Crippen LogP contribution in [0, 0.1) is 3.57 Å². The molecule has 0 N–H and O–H groups in total. The Labute approximate surface area is 111 Å². The summed E-state index contributed by atoms with van der Waals surface area (Å²) in [7, 11) is 0. The third-order valence-corrected chi connectivity index (χ3v) is 3.10. The Balaban J connectivity index is 2.87. The molecule has 0 aliphatic heterocycles. The van der Waals surface area contributed by atoms with E-state index in [9.17, 15) is 0 Å². The summed E-state index contributed by atoms with van der Waals surface area (Å²) in [4.78, 5) is 0. The van der Waals surface area contributed by atoms with Gasteiger partial charge in [0.15, 0.2) is 0 Å². The fourth-order valence-electron chi connectivity index (χ4n) is 1.40. The Morgan fingerprint density at radius 1 is 1.19 bits per heavy atom. The third-order valence-electron chi connectivity index (χ3n) is 2.43. The molecule has 0 fully saturated rings. The van der Waals surface area contributed by atoms with Crippen molar-refractivity contribution in [2.24, 2.45) is 10.3 Å². The molecule has 0 aliphatic carbocycles. The molecule has 0 bridgehead atoms. The number of hydrogen-bond acceptors (Lipinski definition) is 2. The first kappa shape index (κ1) is 13.4. The van der Waals surface area contributed by atoms with Crippen LogP contribution in [0.25, 0.3) is 0 Å². The van der Waals surface area contributed by atoms with Gasteiger partial charge in [-0.1, -0.05) is 12.1 Å². The van der Waals surface area contributed by atoms with Crippen LogP contribution in [0.1, 0.15) is 26.3 Å². The molecule has 0 saturated carbocycles. The average Bonchev–Trinajstić information content (AvgIpc) is 2.31. The number of hydrogen-bond donors (Lipinski definition) is 0. The van der Waals surface area contributed by atoms with E-state index in [0.717, 1.165) is 25.2 Å². The minimum absolute atomic E-state index is 0.895. The van der Waals surface area contributed by atoms with Crippen molar-refractivity contribution in [3.8, 4) is 0 Å². The van der Waals surface area contributed by atoms with Crippen LogP contribution in [0.4, 0.5) is 5.69 Å². The van der Waals surface area contributed by atoms with E-state index in [1.54, 1.807) is 0 Å². The molecule has 0 radical (unpaired) electrons. The molecule has 0 aromatic heterocycles. The molecule has 0 amide bonds. The van der Waals surface area contributed by atoms with Crippen LogP contribution in [0.15, 0.2) is 28.5 Å². The van der Waals surface area contributed by atoms with E-state index < -0.39 is 0 Å². The molecule has 0 unspecified atom stereocenters. The summed E-state index contributed by atoms with van der Waals surface area (Å²) in [6, 6.07) is 6.26. The van der Waals surface area contributed by atoms with Gasteiger partial charge < -0.3 is 0 Å². The van der Waals surface area contributed by atoms with Crippen LogP contribution in [0.5, 0.6) is 0 Å². The topological polar surface area (TPSA) is 28.0 Å². The molecule has 0 heterocycles. The number of rotatable bonds is 5. The quantitative estimate of drug-likeness (QED) is 0.452. The number of halogens is 1. The van der Waals surface area contributed by atoms with E-state index in [0.29, 0.717) is 0 Å². The molecule has 1 aromatic carbocycles. The zero-order chi connectivity index (χ0) is 12.0. The summed E-state index contributed by atoms with van der Waals surface area (Å²) in [6.07, 6.45) is 0.990. The molecule has 3 nitrogen and oxygen atoms in total. The smallest absolute Gasteiger partial charge is 0.0906 e. The second-order valence-electron chi connectivity index (χ2n) is 3.45. The minimum atomic E-state index is 0.895. The third kappa shape index (κ3) is 3.73. The zero-order valence-electron chi connectivity index (χ0n) is 10.1. The highest BCUT2D eigenvalue weighted by Gasteiger charge is 2.01. The lowest BCUT2D eigenvalue weighted by Crippen LogP contribution is -2.14. The van der Waals surface area contributed by atoms with E-state index in [1.165, 1.54) is 9.13 Å². The normalized spacial score (nSPS) is 11.0. The number of nitrogens with zero attached hydrogens (tertiary/aromatic N) is 3. The molecular weight excluding hydrogens is 313 g/mol. The Bertz CT molecular complexity index is 359. The first-order chi connectivity index (χ1) is 7.71. The zero-order valence-corrected chi connectivity index (χ0v) is 12.2. The summed E-state index contributed by atoms with van der Waals surface area (Å²) in [5.74, 6) is 0. The number of benzene rings is 1. The van der Waals surface area contributed by atoms with Crippen molar-refractivity contribution in [3.05, 3.63) is 27.3 Å². The van der Waals surface area contributed by atoms with E-state index >= 15 is 0 Å². The van der Waals surface area contributed by atoms with E-state index in [-0.39, 0.29) is 0 Å². The van der Waals surface area contributed by atoms with Gasteiger partial charge in [-0.2, -0.15) is 0 Å². The van der Waals surface area contributed by atoms with Crippen LogP contribution >= 0.6 is 22.6 Å².